The van der Waals surface area contributed by atoms with Crippen LogP contribution in [-0.2, 0) is 4.79 Å². The van der Waals surface area contributed by atoms with Crippen LogP contribution in [0.1, 0.15) is 19.3 Å². The highest BCUT2D eigenvalue weighted by Crippen LogP contribution is 2.30. The highest BCUT2D eigenvalue weighted by atomic mass is 16.2. The number of piperazine rings is 1. The maximum absolute atomic E-state index is 12.3. The molecule has 3 heteroatoms. The van der Waals surface area contributed by atoms with Gasteiger partial charge in [-0.05, 0) is 24.3 Å². The number of carbonyl (C=O) groups excluding carboxylic acids is 1. The van der Waals surface area contributed by atoms with Crippen LogP contribution in [0, 0.1) is 5.92 Å². The lowest BCUT2D eigenvalue weighted by molar-refractivity contribution is -0.138. The summed E-state index contributed by atoms with van der Waals surface area (Å²) in [7, 11) is 0. The molecule has 0 N–H and O–H groups in total. The Bertz CT molecular complexity index is 679. The van der Waals surface area contributed by atoms with E-state index in [0.29, 0.717) is 11.8 Å². The molecule has 0 atom stereocenters. The normalized spacial score (nSPS) is 19.3. The highest BCUT2D eigenvalue weighted by molar-refractivity contribution is 5.94. The monoisotopic (exact) mass is 294 g/mol. The fraction of sp³-hybridized carbons (Fsp3) is 0.421. The molecule has 2 fully saturated rings. The van der Waals surface area contributed by atoms with Crippen molar-refractivity contribution in [2.45, 2.75) is 19.3 Å². The van der Waals surface area contributed by atoms with E-state index in [9.17, 15) is 4.79 Å². The summed E-state index contributed by atoms with van der Waals surface area (Å²) in [5.41, 5.74) is 1.30. The van der Waals surface area contributed by atoms with Crippen molar-refractivity contribution in [3.63, 3.8) is 0 Å². The van der Waals surface area contributed by atoms with E-state index in [-0.39, 0.29) is 0 Å². The second kappa shape index (κ2) is 5.64. The van der Waals surface area contributed by atoms with Crippen LogP contribution < -0.4 is 4.90 Å². The summed E-state index contributed by atoms with van der Waals surface area (Å²) in [5, 5.41) is 2.59. The number of hydrogen-bond acceptors (Lipinski definition) is 2. The number of fused-ring (bicyclic) bond motifs is 1. The summed E-state index contributed by atoms with van der Waals surface area (Å²) in [5.74, 6) is 0.716. The molecule has 1 amide bonds. The molecule has 1 aliphatic carbocycles. The third-order valence-corrected chi connectivity index (χ3v) is 5.15. The van der Waals surface area contributed by atoms with Crippen molar-refractivity contribution in [1.82, 2.24) is 4.90 Å². The van der Waals surface area contributed by atoms with Crippen molar-refractivity contribution < 1.29 is 4.79 Å². The van der Waals surface area contributed by atoms with Gasteiger partial charge in [-0.3, -0.25) is 4.79 Å². The Hall–Kier alpha value is -2.03. The topological polar surface area (TPSA) is 23.6 Å². The van der Waals surface area contributed by atoms with Gasteiger partial charge in [0, 0.05) is 43.2 Å². The zero-order valence-corrected chi connectivity index (χ0v) is 12.9. The fourth-order valence-electron chi connectivity index (χ4n) is 3.57. The predicted molar refractivity (Wildman–Crippen MR) is 90.1 cm³/mol. The van der Waals surface area contributed by atoms with E-state index in [1.807, 2.05) is 0 Å². The minimum Gasteiger partial charge on any atom is -0.367 e. The molecular formula is C19H22N2O. The summed E-state index contributed by atoms with van der Waals surface area (Å²) < 4.78 is 0. The molecule has 2 aromatic carbocycles. The van der Waals surface area contributed by atoms with Crippen LogP contribution in [0.4, 0.5) is 5.69 Å². The lowest BCUT2D eigenvalue weighted by Gasteiger charge is -2.39. The molecule has 22 heavy (non-hydrogen) atoms. The van der Waals surface area contributed by atoms with E-state index in [0.717, 1.165) is 39.0 Å². The maximum Gasteiger partial charge on any atom is 0.225 e. The molecule has 2 aromatic rings. The van der Waals surface area contributed by atoms with Gasteiger partial charge in [0.2, 0.25) is 5.91 Å². The Kier molecular flexibility index (Phi) is 3.49. The van der Waals surface area contributed by atoms with Crippen LogP contribution in [0.15, 0.2) is 42.5 Å². The van der Waals surface area contributed by atoms with Crippen molar-refractivity contribution >= 4 is 22.4 Å². The first-order valence-corrected chi connectivity index (χ1v) is 8.34. The van der Waals surface area contributed by atoms with E-state index in [1.165, 1.54) is 22.9 Å². The first-order valence-electron chi connectivity index (χ1n) is 8.34. The molecule has 3 nitrogen and oxygen atoms in total. The molecule has 0 aromatic heterocycles. The van der Waals surface area contributed by atoms with Gasteiger partial charge in [-0.15, -0.1) is 0 Å². The van der Waals surface area contributed by atoms with E-state index < -0.39 is 0 Å². The molecule has 0 spiro atoms. The molecule has 114 valence electrons. The highest BCUT2D eigenvalue weighted by Gasteiger charge is 2.31. The minimum absolute atomic E-state index is 0.323. The quantitative estimate of drug-likeness (QED) is 0.848. The Balaban J connectivity index is 1.49. The smallest absolute Gasteiger partial charge is 0.225 e. The predicted octanol–water partition coefficient (Wildman–Crippen LogP) is 3.29. The van der Waals surface area contributed by atoms with Gasteiger partial charge in [-0.1, -0.05) is 42.8 Å². The van der Waals surface area contributed by atoms with E-state index in [1.54, 1.807) is 0 Å². The SMILES string of the molecule is O=C(C1CCC1)N1CCN(c2cccc3ccccc23)CC1. The minimum atomic E-state index is 0.323. The number of carbonyl (C=O) groups is 1. The molecule has 4 rings (SSSR count). The number of rotatable bonds is 2. The van der Waals surface area contributed by atoms with Crippen LogP contribution >= 0.6 is 0 Å². The first kappa shape index (κ1) is 13.6. The molecule has 1 aliphatic heterocycles. The Morgan fingerprint density at radius 1 is 0.909 bits per heavy atom. The van der Waals surface area contributed by atoms with Crippen LogP contribution in [0.25, 0.3) is 10.8 Å². The van der Waals surface area contributed by atoms with Gasteiger partial charge in [0.25, 0.3) is 0 Å². The third-order valence-electron chi connectivity index (χ3n) is 5.15. The number of nitrogens with zero attached hydrogens (tertiary/aromatic N) is 2. The van der Waals surface area contributed by atoms with Crippen LogP contribution in [0.3, 0.4) is 0 Å². The third kappa shape index (κ3) is 2.35. The van der Waals surface area contributed by atoms with Gasteiger partial charge in [-0.2, -0.15) is 0 Å². The molecule has 1 heterocycles. The second-order valence-electron chi connectivity index (χ2n) is 6.44. The fourth-order valence-corrected chi connectivity index (χ4v) is 3.57. The molecular weight excluding hydrogens is 272 g/mol. The van der Waals surface area contributed by atoms with Crippen molar-refractivity contribution in [1.29, 1.82) is 0 Å². The molecule has 1 saturated heterocycles. The average Bonchev–Trinajstić information content (AvgIpc) is 2.53. The molecule has 0 bridgehead atoms. The van der Waals surface area contributed by atoms with E-state index in [4.69, 9.17) is 0 Å². The van der Waals surface area contributed by atoms with Crippen molar-refractivity contribution in [2.24, 2.45) is 5.92 Å². The number of benzene rings is 2. The van der Waals surface area contributed by atoms with Gasteiger partial charge in [0.15, 0.2) is 0 Å². The zero-order chi connectivity index (χ0) is 14.9. The Morgan fingerprint density at radius 2 is 1.64 bits per heavy atom. The van der Waals surface area contributed by atoms with Gasteiger partial charge in [0.1, 0.15) is 0 Å². The van der Waals surface area contributed by atoms with E-state index >= 15 is 0 Å². The van der Waals surface area contributed by atoms with Gasteiger partial charge in [0.05, 0.1) is 0 Å². The maximum atomic E-state index is 12.3. The lowest BCUT2D eigenvalue weighted by Crippen LogP contribution is -2.51. The molecule has 1 saturated carbocycles. The first-order chi connectivity index (χ1) is 10.8. The van der Waals surface area contributed by atoms with Crippen molar-refractivity contribution in [2.75, 3.05) is 31.1 Å². The van der Waals surface area contributed by atoms with Crippen molar-refractivity contribution in [3.8, 4) is 0 Å². The number of amides is 1. The second-order valence-corrected chi connectivity index (χ2v) is 6.44. The van der Waals surface area contributed by atoms with E-state index in [2.05, 4.69) is 52.3 Å². The largest absolute Gasteiger partial charge is 0.367 e. The van der Waals surface area contributed by atoms with Gasteiger partial charge >= 0.3 is 0 Å². The van der Waals surface area contributed by atoms with Gasteiger partial charge in [-0.25, -0.2) is 0 Å². The molecule has 0 unspecified atom stereocenters. The Labute approximate surface area is 131 Å². The van der Waals surface area contributed by atoms with Crippen LogP contribution in [0.5, 0.6) is 0 Å². The number of hydrogen-bond donors (Lipinski definition) is 0. The summed E-state index contributed by atoms with van der Waals surface area (Å²) in [4.78, 5) is 16.8. The molecule has 0 radical (unpaired) electrons. The summed E-state index contributed by atoms with van der Waals surface area (Å²) in [6, 6.07) is 15.0. The standard InChI is InChI=1S/C19H22N2O/c22-19(16-7-3-8-16)21-13-11-20(12-14-21)18-10-4-6-15-5-1-2-9-17(15)18/h1-2,4-6,9-10,16H,3,7-8,11-14H2. The lowest BCUT2D eigenvalue weighted by atomic mass is 9.84. The number of anilines is 1. The Morgan fingerprint density at radius 3 is 2.36 bits per heavy atom. The van der Waals surface area contributed by atoms with Crippen LogP contribution in [-0.4, -0.2) is 37.0 Å². The summed E-state index contributed by atoms with van der Waals surface area (Å²) in [6.45, 7) is 3.59. The van der Waals surface area contributed by atoms with Crippen LogP contribution in [0.2, 0.25) is 0 Å². The average molecular weight is 294 g/mol. The summed E-state index contributed by atoms with van der Waals surface area (Å²) in [6.07, 6.45) is 3.43. The summed E-state index contributed by atoms with van der Waals surface area (Å²) >= 11 is 0. The van der Waals surface area contributed by atoms with Crippen molar-refractivity contribution in [3.05, 3.63) is 42.5 Å². The molecule has 2 aliphatic rings. The van der Waals surface area contributed by atoms with Gasteiger partial charge < -0.3 is 9.80 Å². The zero-order valence-electron chi connectivity index (χ0n) is 12.9.